The van der Waals surface area contributed by atoms with Crippen LogP contribution in [0.5, 0.6) is 5.88 Å². The van der Waals surface area contributed by atoms with E-state index in [1.165, 1.54) is 0 Å². The maximum Gasteiger partial charge on any atom is 0.233 e. The molecule has 0 N–H and O–H groups in total. The Kier molecular flexibility index (Phi) is 5.27. The first-order chi connectivity index (χ1) is 11.6. The van der Waals surface area contributed by atoms with Crippen LogP contribution in [0.4, 0.5) is 0 Å². The summed E-state index contributed by atoms with van der Waals surface area (Å²) in [4.78, 5) is 27.9. The number of nitrogens with zero attached hydrogens (tertiary/aromatic N) is 4. The van der Waals surface area contributed by atoms with E-state index in [0.29, 0.717) is 25.5 Å². The maximum atomic E-state index is 12.8. The summed E-state index contributed by atoms with van der Waals surface area (Å²) >= 11 is 0. The van der Waals surface area contributed by atoms with Gasteiger partial charge in [0.25, 0.3) is 0 Å². The van der Waals surface area contributed by atoms with Crippen molar-refractivity contribution < 1.29 is 14.3 Å². The summed E-state index contributed by atoms with van der Waals surface area (Å²) in [5.74, 6) is 0.824. The number of hydrogen-bond acceptors (Lipinski definition) is 5. The molecule has 0 spiro atoms. The van der Waals surface area contributed by atoms with E-state index < -0.39 is 0 Å². The molecule has 2 aliphatic heterocycles. The molecule has 2 amide bonds. The first kappa shape index (κ1) is 16.7. The molecule has 130 valence electrons. The van der Waals surface area contributed by atoms with Crippen LogP contribution in [0.3, 0.4) is 0 Å². The summed E-state index contributed by atoms with van der Waals surface area (Å²) in [6.07, 6.45) is 4.94. The number of likely N-dealkylation sites (tertiary alicyclic amines) is 2. The number of carbonyl (C=O) groups excluding carboxylic acids is 2. The zero-order chi connectivity index (χ0) is 16.9. The van der Waals surface area contributed by atoms with Crippen molar-refractivity contribution in [1.29, 1.82) is 0 Å². The molecule has 2 saturated heterocycles. The lowest BCUT2D eigenvalue weighted by Gasteiger charge is -2.37. The number of ether oxygens (including phenoxy) is 1. The van der Waals surface area contributed by atoms with Gasteiger partial charge in [-0.25, -0.2) is 0 Å². The summed E-state index contributed by atoms with van der Waals surface area (Å²) in [6, 6.07) is 3.57. The summed E-state index contributed by atoms with van der Waals surface area (Å²) < 4.78 is 5.85. The number of carbonyl (C=O) groups is 2. The Morgan fingerprint density at radius 3 is 2.62 bits per heavy atom. The van der Waals surface area contributed by atoms with Crippen LogP contribution in [0.1, 0.15) is 32.6 Å². The van der Waals surface area contributed by atoms with Crippen LogP contribution in [0.25, 0.3) is 0 Å². The lowest BCUT2D eigenvalue weighted by Crippen LogP contribution is -2.49. The molecule has 0 saturated carbocycles. The van der Waals surface area contributed by atoms with Crippen LogP contribution in [0, 0.1) is 5.92 Å². The standard InChI is InChI=1S/C17H24N4O3/c1-13(22)20-10-6-14(7-11-20)17(23)21-9-3-4-15(12-21)24-16-5-2-8-18-19-16/h2,5,8,14-15H,3-4,6-7,9-12H2,1H3. The monoisotopic (exact) mass is 332 g/mol. The Morgan fingerprint density at radius 1 is 1.17 bits per heavy atom. The fraction of sp³-hybridized carbons (Fsp3) is 0.647. The van der Waals surface area contributed by atoms with Gasteiger partial charge in [-0.2, -0.15) is 5.10 Å². The molecule has 0 aromatic carbocycles. The molecule has 7 nitrogen and oxygen atoms in total. The van der Waals surface area contributed by atoms with Crippen molar-refractivity contribution in [3.8, 4) is 5.88 Å². The van der Waals surface area contributed by atoms with Gasteiger partial charge < -0.3 is 14.5 Å². The van der Waals surface area contributed by atoms with Crippen molar-refractivity contribution in [3.63, 3.8) is 0 Å². The van der Waals surface area contributed by atoms with Crippen molar-refractivity contribution in [2.24, 2.45) is 5.92 Å². The number of amides is 2. The number of piperidine rings is 2. The minimum absolute atomic E-state index is 0.0240. The molecule has 3 heterocycles. The molecule has 0 aliphatic carbocycles. The van der Waals surface area contributed by atoms with Crippen LogP contribution >= 0.6 is 0 Å². The quantitative estimate of drug-likeness (QED) is 0.829. The van der Waals surface area contributed by atoms with E-state index in [1.807, 2.05) is 9.80 Å². The highest BCUT2D eigenvalue weighted by molar-refractivity contribution is 5.80. The number of aromatic nitrogens is 2. The molecule has 1 unspecified atom stereocenters. The van der Waals surface area contributed by atoms with Crippen LogP contribution in [0.2, 0.25) is 0 Å². The molecule has 1 atom stereocenters. The Labute approximate surface area is 142 Å². The fourth-order valence-electron chi connectivity index (χ4n) is 3.46. The van der Waals surface area contributed by atoms with Crippen LogP contribution < -0.4 is 4.74 Å². The smallest absolute Gasteiger partial charge is 0.233 e. The largest absolute Gasteiger partial charge is 0.471 e. The van der Waals surface area contributed by atoms with Gasteiger partial charge in [-0.15, -0.1) is 5.10 Å². The second-order valence-corrected chi connectivity index (χ2v) is 6.51. The van der Waals surface area contributed by atoms with Gasteiger partial charge in [0.2, 0.25) is 17.7 Å². The number of rotatable bonds is 3. The van der Waals surface area contributed by atoms with Gasteiger partial charge in [-0.3, -0.25) is 9.59 Å². The Hall–Kier alpha value is -2.18. The third kappa shape index (κ3) is 4.01. The van der Waals surface area contributed by atoms with Gasteiger partial charge in [-0.05, 0) is 31.7 Å². The van der Waals surface area contributed by atoms with Crippen LogP contribution in [-0.4, -0.2) is 64.1 Å². The normalized spacial score (nSPS) is 22.3. The fourth-order valence-corrected chi connectivity index (χ4v) is 3.46. The lowest BCUT2D eigenvalue weighted by molar-refractivity contribution is -0.142. The van der Waals surface area contributed by atoms with E-state index in [4.69, 9.17) is 4.74 Å². The lowest BCUT2D eigenvalue weighted by atomic mass is 9.94. The molecule has 24 heavy (non-hydrogen) atoms. The van der Waals surface area contributed by atoms with E-state index in [-0.39, 0.29) is 23.8 Å². The van der Waals surface area contributed by atoms with Crippen LogP contribution in [-0.2, 0) is 9.59 Å². The van der Waals surface area contributed by atoms with Gasteiger partial charge in [0.15, 0.2) is 0 Å². The third-order valence-corrected chi connectivity index (χ3v) is 4.81. The average molecular weight is 332 g/mol. The highest BCUT2D eigenvalue weighted by Gasteiger charge is 2.32. The second-order valence-electron chi connectivity index (χ2n) is 6.51. The Bertz CT molecular complexity index is 572. The number of hydrogen-bond donors (Lipinski definition) is 0. The molecular formula is C17H24N4O3. The molecule has 7 heteroatoms. The van der Waals surface area contributed by atoms with Crippen molar-refractivity contribution in [2.75, 3.05) is 26.2 Å². The third-order valence-electron chi connectivity index (χ3n) is 4.81. The van der Waals surface area contributed by atoms with E-state index in [2.05, 4.69) is 10.2 Å². The molecule has 1 aromatic heterocycles. The van der Waals surface area contributed by atoms with E-state index in [9.17, 15) is 9.59 Å². The summed E-state index contributed by atoms with van der Waals surface area (Å²) in [5.41, 5.74) is 0. The molecule has 0 radical (unpaired) electrons. The first-order valence-corrected chi connectivity index (χ1v) is 8.62. The zero-order valence-corrected chi connectivity index (χ0v) is 14.1. The topological polar surface area (TPSA) is 75.6 Å². The van der Waals surface area contributed by atoms with Crippen molar-refractivity contribution in [3.05, 3.63) is 18.3 Å². The molecule has 2 fully saturated rings. The predicted molar refractivity (Wildman–Crippen MR) is 87.2 cm³/mol. The van der Waals surface area contributed by atoms with E-state index in [1.54, 1.807) is 25.3 Å². The van der Waals surface area contributed by atoms with E-state index in [0.717, 1.165) is 32.2 Å². The molecular weight excluding hydrogens is 308 g/mol. The molecule has 0 bridgehead atoms. The maximum absolute atomic E-state index is 12.8. The summed E-state index contributed by atoms with van der Waals surface area (Å²) in [6.45, 7) is 4.33. The molecule has 2 aliphatic rings. The zero-order valence-electron chi connectivity index (χ0n) is 14.1. The van der Waals surface area contributed by atoms with Crippen molar-refractivity contribution in [1.82, 2.24) is 20.0 Å². The second kappa shape index (κ2) is 7.59. The van der Waals surface area contributed by atoms with Gasteiger partial charge in [0.05, 0.1) is 6.54 Å². The van der Waals surface area contributed by atoms with Gasteiger partial charge >= 0.3 is 0 Å². The van der Waals surface area contributed by atoms with Gasteiger partial charge in [-0.1, -0.05) is 0 Å². The predicted octanol–water partition coefficient (Wildman–Crippen LogP) is 1.10. The Balaban J connectivity index is 1.53. The van der Waals surface area contributed by atoms with Crippen LogP contribution in [0.15, 0.2) is 18.3 Å². The van der Waals surface area contributed by atoms with Gasteiger partial charge in [0.1, 0.15) is 6.10 Å². The van der Waals surface area contributed by atoms with Crippen molar-refractivity contribution in [2.45, 2.75) is 38.7 Å². The molecule has 3 rings (SSSR count). The van der Waals surface area contributed by atoms with Gasteiger partial charge in [0, 0.05) is 44.7 Å². The van der Waals surface area contributed by atoms with E-state index >= 15 is 0 Å². The minimum Gasteiger partial charge on any atom is -0.471 e. The molecule has 1 aromatic rings. The summed E-state index contributed by atoms with van der Waals surface area (Å²) in [5, 5.41) is 7.76. The summed E-state index contributed by atoms with van der Waals surface area (Å²) in [7, 11) is 0. The minimum atomic E-state index is -0.0308. The van der Waals surface area contributed by atoms with Crippen molar-refractivity contribution >= 4 is 11.8 Å². The Morgan fingerprint density at radius 2 is 1.96 bits per heavy atom. The highest BCUT2D eigenvalue weighted by Crippen LogP contribution is 2.23. The average Bonchev–Trinajstić information content (AvgIpc) is 2.62. The highest BCUT2D eigenvalue weighted by atomic mass is 16.5. The first-order valence-electron chi connectivity index (χ1n) is 8.62. The SMILES string of the molecule is CC(=O)N1CCC(C(=O)N2CCCC(Oc3cccnn3)C2)CC1.